The van der Waals surface area contributed by atoms with Gasteiger partial charge in [-0.1, -0.05) is 19.9 Å². The topological polar surface area (TPSA) is 75.6 Å². The number of benzene rings is 1. The fourth-order valence-corrected chi connectivity index (χ4v) is 2.91. The van der Waals surface area contributed by atoms with E-state index in [2.05, 4.69) is 4.72 Å². The van der Waals surface area contributed by atoms with E-state index in [9.17, 15) is 8.42 Å². The summed E-state index contributed by atoms with van der Waals surface area (Å²) >= 11 is 0. The number of nitrogens with one attached hydrogen (secondary N) is 1. The van der Waals surface area contributed by atoms with Gasteiger partial charge in [0, 0.05) is 18.6 Å². The number of hydrogen-bond acceptors (Lipinski definition) is 4. The number of methoxy groups -OCH3 is 1. The molecule has 5 nitrogen and oxygen atoms in total. The van der Waals surface area contributed by atoms with Crippen LogP contribution in [-0.2, 0) is 10.0 Å². The Labute approximate surface area is 114 Å². The Balaban J connectivity index is 3.04. The van der Waals surface area contributed by atoms with E-state index in [-0.39, 0.29) is 18.0 Å². The molecule has 0 bridgehead atoms. The number of aliphatic hydroxyl groups is 1. The Hall–Kier alpha value is -1.11. The third-order valence-electron chi connectivity index (χ3n) is 2.78. The lowest BCUT2D eigenvalue weighted by atomic mass is 9.96. The van der Waals surface area contributed by atoms with Gasteiger partial charge in [0.2, 0.25) is 10.0 Å². The average molecular weight is 287 g/mol. The summed E-state index contributed by atoms with van der Waals surface area (Å²) in [6.45, 7) is 5.44. The quantitative estimate of drug-likeness (QED) is 0.827. The lowest BCUT2D eigenvalue weighted by molar-refractivity contribution is 0.163. The van der Waals surface area contributed by atoms with Crippen LogP contribution in [0.5, 0.6) is 5.75 Å². The fourth-order valence-electron chi connectivity index (χ4n) is 1.42. The molecule has 0 radical (unpaired) electrons. The number of aliphatic hydroxyl groups excluding tert-OH is 1. The van der Waals surface area contributed by atoms with Crippen molar-refractivity contribution in [2.24, 2.45) is 5.41 Å². The van der Waals surface area contributed by atoms with Gasteiger partial charge in [-0.05, 0) is 24.6 Å². The number of hydrogen-bond donors (Lipinski definition) is 2. The van der Waals surface area contributed by atoms with Crippen LogP contribution in [0.3, 0.4) is 0 Å². The molecule has 0 saturated carbocycles. The summed E-state index contributed by atoms with van der Waals surface area (Å²) in [4.78, 5) is 0.115. The summed E-state index contributed by atoms with van der Waals surface area (Å²) in [7, 11) is -2.22. The van der Waals surface area contributed by atoms with Crippen LogP contribution in [0.4, 0.5) is 0 Å². The number of rotatable bonds is 6. The van der Waals surface area contributed by atoms with Gasteiger partial charge in [-0.15, -0.1) is 0 Å². The molecule has 0 heterocycles. The van der Waals surface area contributed by atoms with Gasteiger partial charge in [0.15, 0.2) is 0 Å². The van der Waals surface area contributed by atoms with Crippen molar-refractivity contribution >= 4 is 10.0 Å². The van der Waals surface area contributed by atoms with Crippen LogP contribution < -0.4 is 9.46 Å². The summed E-state index contributed by atoms with van der Waals surface area (Å²) in [5.41, 5.74) is 0.326. The van der Waals surface area contributed by atoms with E-state index in [0.717, 1.165) is 5.56 Å². The van der Waals surface area contributed by atoms with Gasteiger partial charge in [0.05, 0.1) is 7.11 Å². The first-order valence-electron chi connectivity index (χ1n) is 5.97. The molecular weight excluding hydrogens is 266 g/mol. The first-order valence-corrected chi connectivity index (χ1v) is 7.45. The van der Waals surface area contributed by atoms with Gasteiger partial charge in [-0.2, -0.15) is 0 Å². The second-order valence-corrected chi connectivity index (χ2v) is 7.04. The van der Waals surface area contributed by atoms with Gasteiger partial charge < -0.3 is 9.84 Å². The first-order chi connectivity index (χ1) is 8.72. The van der Waals surface area contributed by atoms with Crippen molar-refractivity contribution in [1.29, 1.82) is 0 Å². The summed E-state index contributed by atoms with van der Waals surface area (Å²) in [5.74, 6) is 0.305. The summed E-state index contributed by atoms with van der Waals surface area (Å²) in [6.07, 6.45) is 0. The first kappa shape index (κ1) is 15.9. The minimum Gasteiger partial charge on any atom is -0.495 e. The van der Waals surface area contributed by atoms with Crippen LogP contribution in [0.15, 0.2) is 23.1 Å². The molecule has 1 rings (SSSR count). The molecule has 108 valence electrons. The zero-order chi connectivity index (χ0) is 14.7. The monoisotopic (exact) mass is 287 g/mol. The predicted octanol–water partition coefficient (Wildman–Crippen LogP) is 1.30. The Bertz CT molecular complexity index is 538. The smallest absolute Gasteiger partial charge is 0.244 e. The van der Waals surface area contributed by atoms with Crippen molar-refractivity contribution in [3.63, 3.8) is 0 Å². The molecule has 0 aliphatic heterocycles. The van der Waals surface area contributed by atoms with Crippen LogP contribution in [0.25, 0.3) is 0 Å². The lowest BCUT2D eigenvalue weighted by Gasteiger charge is -2.22. The third-order valence-corrected chi connectivity index (χ3v) is 4.20. The lowest BCUT2D eigenvalue weighted by Crippen LogP contribution is -2.36. The summed E-state index contributed by atoms with van der Waals surface area (Å²) in [5, 5.41) is 9.15. The second kappa shape index (κ2) is 5.90. The minimum absolute atomic E-state index is 0.0968. The van der Waals surface area contributed by atoms with E-state index < -0.39 is 15.4 Å². The molecule has 0 amide bonds. The van der Waals surface area contributed by atoms with E-state index in [1.807, 2.05) is 6.92 Å². The van der Waals surface area contributed by atoms with Gasteiger partial charge in [0.25, 0.3) is 0 Å². The number of ether oxygens (including phenoxy) is 1. The van der Waals surface area contributed by atoms with Gasteiger partial charge in [-0.25, -0.2) is 13.1 Å². The molecular formula is C13H21NO4S. The Morgan fingerprint density at radius 3 is 2.53 bits per heavy atom. The summed E-state index contributed by atoms with van der Waals surface area (Å²) < 4.78 is 32.1. The molecule has 6 heteroatoms. The van der Waals surface area contributed by atoms with Crippen LogP contribution in [0, 0.1) is 12.3 Å². The van der Waals surface area contributed by atoms with E-state index in [0.29, 0.717) is 5.75 Å². The van der Waals surface area contributed by atoms with Gasteiger partial charge in [0.1, 0.15) is 10.6 Å². The minimum atomic E-state index is -3.65. The molecule has 0 unspecified atom stereocenters. The standard InChI is InChI=1S/C13H21NO4S/c1-10-5-6-11(18-4)12(7-10)19(16,17)14-8-13(2,3)9-15/h5-7,14-15H,8-9H2,1-4H3. The van der Waals surface area contributed by atoms with Crippen molar-refractivity contribution in [1.82, 2.24) is 4.72 Å². The second-order valence-electron chi connectivity index (χ2n) is 5.30. The van der Waals surface area contributed by atoms with Gasteiger partial charge >= 0.3 is 0 Å². The molecule has 2 N–H and O–H groups in total. The summed E-state index contributed by atoms with van der Waals surface area (Å²) in [6, 6.07) is 4.98. The maximum absolute atomic E-state index is 12.3. The Kier molecular flexibility index (Phi) is 4.95. The highest BCUT2D eigenvalue weighted by atomic mass is 32.2. The number of aryl methyl sites for hydroxylation is 1. The Morgan fingerprint density at radius 1 is 1.37 bits per heavy atom. The zero-order valence-electron chi connectivity index (χ0n) is 11.7. The highest BCUT2D eigenvalue weighted by Gasteiger charge is 2.24. The maximum atomic E-state index is 12.3. The maximum Gasteiger partial charge on any atom is 0.244 e. The van der Waals surface area contributed by atoms with Crippen molar-refractivity contribution in [2.45, 2.75) is 25.7 Å². The number of sulfonamides is 1. The molecule has 0 spiro atoms. The highest BCUT2D eigenvalue weighted by Crippen LogP contribution is 2.25. The molecule has 0 atom stereocenters. The molecule has 0 aliphatic carbocycles. The molecule has 0 aliphatic rings. The van der Waals surface area contributed by atoms with Crippen molar-refractivity contribution in [2.75, 3.05) is 20.3 Å². The van der Waals surface area contributed by atoms with Crippen molar-refractivity contribution in [3.8, 4) is 5.75 Å². The van der Waals surface area contributed by atoms with Crippen LogP contribution >= 0.6 is 0 Å². The zero-order valence-corrected chi connectivity index (χ0v) is 12.5. The molecule has 0 aromatic heterocycles. The molecule has 1 aromatic rings. The fraction of sp³-hybridized carbons (Fsp3) is 0.538. The molecule has 19 heavy (non-hydrogen) atoms. The van der Waals surface area contributed by atoms with Crippen LogP contribution in [-0.4, -0.2) is 33.8 Å². The van der Waals surface area contributed by atoms with Crippen molar-refractivity contribution in [3.05, 3.63) is 23.8 Å². The predicted molar refractivity (Wildman–Crippen MR) is 73.8 cm³/mol. The van der Waals surface area contributed by atoms with Crippen LogP contribution in [0.1, 0.15) is 19.4 Å². The molecule has 0 fully saturated rings. The molecule has 0 saturated heterocycles. The largest absolute Gasteiger partial charge is 0.495 e. The highest BCUT2D eigenvalue weighted by molar-refractivity contribution is 7.89. The third kappa shape index (κ3) is 4.19. The Morgan fingerprint density at radius 2 is 2.00 bits per heavy atom. The van der Waals surface area contributed by atoms with Crippen LogP contribution in [0.2, 0.25) is 0 Å². The van der Waals surface area contributed by atoms with E-state index in [4.69, 9.17) is 9.84 Å². The van der Waals surface area contributed by atoms with Gasteiger partial charge in [-0.3, -0.25) is 0 Å². The van der Waals surface area contributed by atoms with E-state index in [1.165, 1.54) is 7.11 Å². The van der Waals surface area contributed by atoms with Crippen molar-refractivity contribution < 1.29 is 18.3 Å². The van der Waals surface area contributed by atoms with E-state index in [1.54, 1.807) is 32.0 Å². The normalized spacial score (nSPS) is 12.5. The average Bonchev–Trinajstić information content (AvgIpc) is 2.37. The molecule has 1 aromatic carbocycles. The SMILES string of the molecule is COc1ccc(C)cc1S(=O)(=O)NCC(C)(C)CO. The van der Waals surface area contributed by atoms with E-state index >= 15 is 0 Å².